The summed E-state index contributed by atoms with van der Waals surface area (Å²) in [5, 5.41) is 47.5. The number of nitrogens with zero attached hydrogens (tertiary/aromatic N) is 2. The van der Waals surface area contributed by atoms with Crippen molar-refractivity contribution in [2.45, 2.75) is 323 Å². The molecule has 0 aromatic heterocycles. The quantitative estimate of drug-likeness (QED) is 0.124. The Hall–Kier alpha value is -5.01. The van der Waals surface area contributed by atoms with Gasteiger partial charge in [0.2, 0.25) is 0 Å². The summed E-state index contributed by atoms with van der Waals surface area (Å²) in [4.78, 5) is 17.3. The predicted octanol–water partition coefficient (Wildman–Crippen LogP) is 16.9. The molecule has 2 aromatic carbocycles. The van der Waals surface area contributed by atoms with Crippen LogP contribution >= 0.6 is 0 Å². The van der Waals surface area contributed by atoms with Crippen molar-refractivity contribution in [3.8, 4) is 35.5 Å². The summed E-state index contributed by atoms with van der Waals surface area (Å²) in [6.07, 6.45) is 38.3. The number of ketones is 1. The first-order valence-electron chi connectivity index (χ1n) is 42.0. The van der Waals surface area contributed by atoms with E-state index < -0.39 is 28.2 Å². The molecule has 0 radical (unpaired) electrons. The number of anilines is 2. The third-order valence-corrected chi connectivity index (χ3v) is 32.7. The van der Waals surface area contributed by atoms with Crippen LogP contribution in [0.4, 0.5) is 11.4 Å². The molecule has 14 aliphatic carbocycles. The van der Waals surface area contributed by atoms with Gasteiger partial charge in [0.15, 0.2) is 17.4 Å². The van der Waals surface area contributed by atoms with Gasteiger partial charge in [-0.1, -0.05) is 119 Å². The lowest BCUT2D eigenvalue weighted by molar-refractivity contribution is -0.208. The molecule has 6 unspecified atom stereocenters. The molecule has 2 spiro atoms. The van der Waals surface area contributed by atoms with E-state index in [-0.39, 0.29) is 45.1 Å². The van der Waals surface area contributed by atoms with Crippen LogP contribution < -0.4 is 9.80 Å². The van der Waals surface area contributed by atoms with Crippen LogP contribution in [-0.4, -0.2) is 124 Å². The summed E-state index contributed by atoms with van der Waals surface area (Å²) in [5.41, 5.74) is 9.54. The molecule has 17 aliphatic rings. The zero-order chi connectivity index (χ0) is 72.8. The fraction of sp³-hybridized carbons (Fsp3) is 0.710. The van der Waals surface area contributed by atoms with Gasteiger partial charge in [0, 0.05) is 97.7 Å². The number of benzene rings is 2. The molecule has 4 N–H and O–H groups in total. The van der Waals surface area contributed by atoms with E-state index in [0.29, 0.717) is 92.6 Å². The molecule has 564 valence electrons. The Labute approximate surface area is 628 Å². The predicted molar refractivity (Wildman–Crippen MR) is 412 cm³/mol. The minimum Gasteiger partial charge on any atom is -0.385 e. The normalized spacial score (nSPS) is 42.1. The number of hydrogen-bond donors (Lipinski definition) is 4. The molecule has 17 atom stereocenters. The molecule has 0 amide bonds. The van der Waals surface area contributed by atoms with Crippen molar-refractivity contribution in [1.82, 2.24) is 0 Å². The highest BCUT2D eigenvalue weighted by Crippen LogP contribution is 2.75. The lowest BCUT2D eigenvalue weighted by Crippen LogP contribution is -2.55. The van der Waals surface area contributed by atoms with Crippen molar-refractivity contribution in [3.05, 3.63) is 105 Å². The molecule has 10 saturated carbocycles. The summed E-state index contributed by atoms with van der Waals surface area (Å²) >= 11 is 0. The highest BCUT2D eigenvalue weighted by molar-refractivity contribution is 5.93. The highest BCUT2D eigenvalue weighted by atomic mass is 16.7. The van der Waals surface area contributed by atoms with Crippen LogP contribution in [0.3, 0.4) is 0 Å². The first-order valence-corrected chi connectivity index (χ1v) is 42.0. The maximum Gasteiger partial charge on any atom is 0.171 e. The van der Waals surface area contributed by atoms with E-state index in [9.17, 15) is 25.2 Å². The molecule has 13 fully saturated rings. The number of aliphatic hydroxyl groups is 4. The van der Waals surface area contributed by atoms with Crippen molar-refractivity contribution in [3.63, 3.8) is 0 Å². The van der Waals surface area contributed by atoms with Gasteiger partial charge >= 0.3 is 0 Å². The molecule has 0 bridgehead atoms. The fourth-order valence-corrected chi connectivity index (χ4v) is 27.1. The number of rotatable bonds is 6. The number of allylic oxidation sites excluding steroid dienone is 6. The number of hydrogen-bond acceptors (Lipinski definition) is 12. The second kappa shape index (κ2) is 26.9. The lowest BCUT2D eigenvalue weighted by Gasteiger charge is -2.57. The molecule has 12 heteroatoms. The summed E-state index contributed by atoms with van der Waals surface area (Å²) in [6, 6.07) is 20.0. The molecular formula is C93H122N2O10. The van der Waals surface area contributed by atoms with E-state index in [4.69, 9.17) is 23.7 Å². The van der Waals surface area contributed by atoms with E-state index >= 15 is 0 Å². The Kier molecular flexibility index (Phi) is 18.7. The van der Waals surface area contributed by atoms with E-state index in [1.54, 1.807) is 5.57 Å². The Bertz CT molecular complexity index is 4040. The number of fused-ring (bicyclic) bond motifs is 11. The number of carbonyl (C=O) groups excluding carboxylic acids is 1. The van der Waals surface area contributed by atoms with Gasteiger partial charge in [-0.25, -0.2) is 0 Å². The second-order valence-electron chi connectivity index (χ2n) is 37.2. The van der Waals surface area contributed by atoms with Gasteiger partial charge in [-0.2, -0.15) is 0 Å². The Morgan fingerprint density at radius 3 is 1.50 bits per heavy atom. The van der Waals surface area contributed by atoms with Crippen LogP contribution in [0, 0.1) is 87.3 Å². The van der Waals surface area contributed by atoms with Gasteiger partial charge in [-0.15, -0.1) is 17.8 Å². The average Bonchev–Trinajstić information content (AvgIpc) is 1.52. The molecule has 105 heavy (non-hydrogen) atoms. The van der Waals surface area contributed by atoms with Crippen LogP contribution in [-0.2, 0) is 28.5 Å². The lowest BCUT2D eigenvalue weighted by atomic mass is 9.49. The largest absolute Gasteiger partial charge is 0.385 e. The van der Waals surface area contributed by atoms with Gasteiger partial charge in [0.05, 0.1) is 32.0 Å². The number of carbonyl (C=O) groups is 1. The van der Waals surface area contributed by atoms with Gasteiger partial charge in [0.1, 0.15) is 28.0 Å². The Balaban J connectivity index is 0.000000118. The van der Waals surface area contributed by atoms with Crippen LogP contribution in [0.2, 0.25) is 0 Å². The number of ether oxygens (including phenoxy) is 5. The summed E-state index contributed by atoms with van der Waals surface area (Å²) in [6.45, 7) is 15.1. The fourth-order valence-electron chi connectivity index (χ4n) is 27.1. The topological polar surface area (TPSA) is 154 Å². The van der Waals surface area contributed by atoms with E-state index in [2.05, 4.69) is 135 Å². The highest BCUT2D eigenvalue weighted by Gasteiger charge is 2.80. The first-order chi connectivity index (χ1) is 50.5. The van der Waals surface area contributed by atoms with E-state index in [0.717, 1.165) is 135 Å². The third-order valence-electron chi connectivity index (χ3n) is 32.7. The maximum absolute atomic E-state index is 12.3. The van der Waals surface area contributed by atoms with Gasteiger partial charge in [-0.3, -0.25) is 4.79 Å². The van der Waals surface area contributed by atoms with Crippen molar-refractivity contribution >= 4 is 17.2 Å². The molecule has 3 heterocycles. The maximum atomic E-state index is 12.3. The van der Waals surface area contributed by atoms with Crippen molar-refractivity contribution < 1.29 is 48.9 Å². The van der Waals surface area contributed by atoms with Gasteiger partial charge in [0.25, 0.3) is 0 Å². The summed E-state index contributed by atoms with van der Waals surface area (Å²) < 4.78 is 30.9. The molecular weight excluding hydrogens is 1310 g/mol. The van der Waals surface area contributed by atoms with E-state index in [1.807, 2.05) is 26.8 Å². The summed E-state index contributed by atoms with van der Waals surface area (Å²) in [7, 11) is 4.52. The molecule has 3 saturated heterocycles. The van der Waals surface area contributed by atoms with Crippen molar-refractivity contribution in [2.24, 2.45) is 51.8 Å². The van der Waals surface area contributed by atoms with Crippen LogP contribution in [0.5, 0.6) is 0 Å². The Morgan fingerprint density at radius 2 is 0.962 bits per heavy atom. The molecule has 3 aliphatic heterocycles. The zero-order valence-corrected chi connectivity index (χ0v) is 64.8. The van der Waals surface area contributed by atoms with Crippen molar-refractivity contribution in [1.29, 1.82) is 0 Å². The molecule has 2 aromatic rings. The third kappa shape index (κ3) is 11.5. The molecule has 12 nitrogen and oxygen atoms in total. The van der Waals surface area contributed by atoms with Crippen LogP contribution in [0.1, 0.15) is 276 Å². The van der Waals surface area contributed by atoms with Gasteiger partial charge in [-0.05, 0) is 261 Å². The number of epoxide rings is 1. The zero-order valence-electron chi connectivity index (χ0n) is 64.8. The molecule has 19 rings (SSSR count). The summed E-state index contributed by atoms with van der Waals surface area (Å²) in [5.74, 6) is 21.3. The second-order valence-corrected chi connectivity index (χ2v) is 37.2. The smallest absolute Gasteiger partial charge is 0.171 e. The van der Waals surface area contributed by atoms with Crippen LogP contribution in [0.25, 0.3) is 0 Å². The standard InChI is InChI=1S/C36H49NO4.C34H43NO2.C23H30O4/c1-4-17-35(39)19-15-30-28-14-18-34(38)24-36(40-21-22-41-36)20-16-31(34)32(28)29(23-33(30,35)2)25-10-12-27(13-11-25)37(3)26-8-6-5-7-9-26;1-4-19-34(37)20-18-31-29-16-12-24-21-27(36)15-17-28(24)32(29)30(22-33(31,34)2)23-10-13-26(14-11-23)35(3)25-8-6-5-7-9-25;1-3-7-20(24)9-6-17-16-4-10-21-15-22(25-13-14-26-22)11-12-23(21,27-21)18(16)5-8-19(17,20)2/h10-13,26,28-30,38-39H,5-9,14-16,18-24H2,1-3H3;10-11,13-14,21,25,29-31,37H,5-9,12,15-18,20,22H2,1-3H3;5,16-17,24H,4,6,8-15H2,1-2H3/t28?,29-,30?,33+,34-,35+;29?,30-,31?,33+,34+;16?,17?,19-,20-,21+,23+/m110/s1. The van der Waals surface area contributed by atoms with E-state index in [1.165, 1.54) is 115 Å². The Morgan fingerprint density at radius 1 is 0.476 bits per heavy atom. The van der Waals surface area contributed by atoms with Gasteiger partial charge < -0.3 is 53.9 Å². The minimum atomic E-state index is -0.960. The van der Waals surface area contributed by atoms with Crippen molar-refractivity contribution in [2.75, 3.05) is 50.3 Å². The van der Waals surface area contributed by atoms with Crippen LogP contribution in [0.15, 0.2) is 94.1 Å². The monoisotopic (exact) mass is 1430 g/mol. The average molecular weight is 1430 g/mol. The first kappa shape index (κ1) is 72.8. The SMILES string of the molecule is CC#C[C@]1(O)CCC2C3CCC4=CC(=O)CCC4=C3[C@@H](c3ccc(N(C)C4CCCCC4)cc3)C[C@@]21C.CC#C[C@]1(O)CCC2C3CC[C@@]4(O)CC5(CCC4=C3[C@@H](c3ccc(N(C)C4CCCCC4)cc3)C[C@@]21C)OCCO5.CC#C[C@]1(O)CCC2C3CC[C@@]45CC6(CC[C@@]4(O5)C3=CC[C@@]21C)OCCO6. The minimum absolute atomic E-state index is 0.0657.